The minimum Gasteiger partial charge on any atom is -0.356 e. The lowest BCUT2D eigenvalue weighted by molar-refractivity contribution is 1.19. The van der Waals surface area contributed by atoms with Crippen LogP contribution in [0.3, 0.4) is 0 Å². The number of rotatable bonds is 2. The molecule has 0 radical (unpaired) electrons. The average molecular weight is 272 g/mol. The van der Waals surface area contributed by atoms with Crippen molar-refractivity contribution >= 4 is 33.2 Å². The van der Waals surface area contributed by atoms with Crippen LogP contribution in [0, 0.1) is 0 Å². The Hall–Kier alpha value is -3.01. The molecule has 0 atom stereocenters. The standard InChI is InChI=1S/C17H12N4/c1-2-4-13(5-3-1)21-14-6-7-15-12(8-14)9-19-17-16(15)10-18-11-20-17/h1-11,21H. The zero-order valence-corrected chi connectivity index (χ0v) is 11.2. The highest BCUT2D eigenvalue weighted by atomic mass is 14.9. The Morgan fingerprint density at radius 1 is 0.762 bits per heavy atom. The van der Waals surface area contributed by atoms with Gasteiger partial charge in [0, 0.05) is 34.5 Å². The molecule has 0 aliphatic carbocycles. The molecule has 100 valence electrons. The van der Waals surface area contributed by atoms with Gasteiger partial charge in [-0.2, -0.15) is 0 Å². The number of nitrogens with one attached hydrogen (secondary N) is 1. The summed E-state index contributed by atoms with van der Waals surface area (Å²) >= 11 is 0. The van der Waals surface area contributed by atoms with Crippen molar-refractivity contribution in [3.63, 3.8) is 0 Å². The lowest BCUT2D eigenvalue weighted by atomic mass is 10.1. The van der Waals surface area contributed by atoms with Crippen LogP contribution in [-0.2, 0) is 0 Å². The van der Waals surface area contributed by atoms with Gasteiger partial charge in [-0.15, -0.1) is 0 Å². The largest absolute Gasteiger partial charge is 0.356 e. The summed E-state index contributed by atoms with van der Waals surface area (Å²) in [5.74, 6) is 0. The first kappa shape index (κ1) is 11.8. The maximum absolute atomic E-state index is 4.38. The number of hydrogen-bond acceptors (Lipinski definition) is 4. The Balaban J connectivity index is 1.82. The van der Waals surface area contributed by atoms with Gasteiger partial charge in [0.2, 0.25) is 0 Å². The number of para-hydroxylation sites is 1. The summed E-state index contributed by atoms with van der Waals surface area (Å²) in [7, 11) is 0. The molecule has 21 heavy (non-hydrogen) atoms. The van der Waals surface area contributed by atoms with Crippen molar-refractivity contribution in [1.29, 1.82) is 0 Å². The second kappa shape index (κ2) is 4.83. The molecule has 0 unspecified atom stereocenters. The molecule has 2 aromatic heterocycles. The van der Waals surface area contributed by atoms with Gasteiger partial charge in [-0.05, 0) is 29.7 Å². The number of hydrogen-bond donors (Lipinski definition) is 1. The van der Waals surface area contributed by atoms with E-state index in [0.29, 0.717) is 0 Å². The van der Waals surface area contributed by atoms with Crippen molar-refractivity contribution in [2.45, 2.75) is 0 Å². The minimum atomic E-state index is 0.723. The molecule has 1 N–H and O–H groups in total. The van der Waals surface area contributed by atoms with Crippen molar-refractivity contribution < 1.29 is 0 Å². The molecular weight excluding hydrogens is 260 g/mol. The minimum absolute atomic E-state index is 0.723. The Bertz CT molecular complexity index is 919. The van der Waals surface area contributed by atoms with Gasteiger partial charge in [-0.25, -0.2) is 15.0 Å². The Labute approximate surface area is 121 Å². The first-order valence-electron chi connectivity index (χ1n) is 6.71. The highest BCUT2D eigenvalue weighted by Gasteiger charge is 2.03. The molecule has 4 aromatic rings. The van der Waals surface area contributed by atoms with Gasteiger partial charge in [0.05, 0.1) is 0 Å². The lowest BCUT2D eigenvalue weighted by Gasteiger charge is -2.08. The van der Waals surface area contributed by atoms with Gasteiger partial charge in [-0.3, -0.25) is 0 Å². The second-order valence-electron chi connectivity index (χ2n) is 4.81. The molecule has 4 rings (SSSR count). The third-order valence-corrected chi connectivity index (χ3v) is 3.42. The highest BCUT2D eigenvalue weighted by Crippen LogP contribution is 2.26. The van der Waals surface area contributed by atoms with Crippen molar-refractivity contribution in [1.82, 2.24) is 15.0 Å². The molecule has 0 bridgehead atoms. The quantitative estimate of drug-likeness (QED) is 0.562. The number of fused-ring (bicyclic) bond motifs is 3. The van der Waals surface area contributed by atoms with Crippen LogP contribution in [0.15, 0.2) is 67.3 Å². The summed E-state index contributed by atoms with van der Waals surface area (Å²) in [4.78, 5) is 12.6. The average Bonchev–Trinajstić information content (AvgIpc) is 2.55. The predicted molar refractivity (Wildman–Crippen MR) is 84.6 cm³/mol. The normalized spacial score (nSPS) is 10.9. The van der Waals surface area contributed by atoms with Crippen LogP contribution >= 0.6 is 0 Å². The van der Waals surface area contributed by atoms with Crippen LogP contribution in [0.1, 0.15) is 0 Å². The van der Waals surface area contributed by atoms with Crippen molar-refractivity contribution in [3.8, 4) is 0 Å². The van der Waals surface area contributed by atoms with E-state index in [-0.39, 0.29) is 0 Å². The van der Waals surface area contributed by atoms with Crippen LogP contribution in [0.5, 0.6) is 0 Å². The molecule has 4 nitrogen and oxygen atoms in total. The third-order valence-electron chi connectivity index (χ3n) is 3.42. The molecule has 4 heteroatoms. The molecule has 0 aliphatic rings. The van der Waals surface area contributed by atoms with E-state index in [0.717, 1.165) is 33.2 Å². The molecule has 0 saturated heterocycles. The van der Waals surface area contributed by atoms with E-state index in [1.54, 1.807) is 0 Å². The van der Waals surface area contributed by atoms with Crippen molar-refractivity contribution in [2.24, 2.45) is 0 Å². The molecule has 0 fully saturated rings. The molecule has 2 heterocycles. The lowest BCUT2D eigenvalue weighted by Crippen LogP contribution is -1.91. The number of nitrogens with zero attached hydrogens (tertiary/aromatic N) is 3. The Kier molecular flexibility index (Phi) is 2.71. The Morgan fingerprint density at radius 3 is 2.57 bits per heavy atom. The van der Waals surface area contributed by atoms with Crippen LogP contribution in [0.25, 0.3) is 21.8 Å². The maximum atomic E-state index is 4.38. The maximum Gasteiger partial charge on any atom is 0.163 e. The van der Waals surface area contributed by atoms with E-state index in [2.05, 4.69) is 38.5 Å². The summed E-state index contributed by atoms with van der Waals surface area (Å²) < 4.78 is 0. The van der Waals surface area contributed by atoms with Crippen LogP contribution in [-0.4, -0.2) is 15.0 Å². The fourth-order valence-corrected chi connectivity index (χ4v) is 2.43. The van der Waals surface area contributed by atoms with E-state index in [1.807, 2.05) is 42.7 Å². The predicted octanol–water partition coefficient (Wildman–Crippen LogP) is 3.92. The van der Waals surface area contributed by atoms with E-state index in [1.165, 1.54) is 6.33 Å². The van der Waals surface area contributed by atoms with E-state index in [9.17, 15) is 0 Å². The number of anilines is 2. The van der Waals surface area contributed by atoms with Gasteiger partial charge in [0.1, 0.15) is 6.33 Å². The summed E-state index contributed by atoms with van der Waals surface area (Å²) in [6, 6.07) is 16.3. The summed E-state index contributed by atoms with van der Waals surface area (Å²) in [5.41, 5.74) is 2.82. The number of pyridine rings is 1. The van der Waals surface area contributed by atoms with Crippen LogP contribution in [0.4, 0.5) is 11.4 Å². The first-order valence-corrected chi connectivity index (χ1v) is 6.71. The first-order chi connectivity index (χ1) is 10.4. The molecule has 0 aliphatic heterocycles. The van der Waals surface area contributed by atoms with Gasteiger partial charge in [-0.1, -0.05) is 24.3 Å². The fraction of sp³-hybridized carbons (Fsp3) is 0. The van der Waals surface area contributed by atoms with Crippen LogP contribution < -0.4 is 5.32 Å². The topological polar surface area (TPSA) is 50.7 Å². The zero-order valence-electron chi connectivity index (χ0n) is 11.2. The SMILES string of the molecule is c1ccc(Nc2ccc3c(cnc4ncncc43)c2)cc1. The van der Waals surface area contributed by atoms with Gasteiger partial charge < -0.3 is 5.32 Å². The fourth-order valence-electron chi connectivity index (χ4n) is 2.43. The van der Waals surface area contributed by atoms with E-state index < -0.39 is 0 Å². The monoisotopic (exact) mass is 272 g/mol. The Morgan fingerprint density at radius 2 is 1.67 bits per heavy atom. The molecule has 0 spiro atoms. The van der Waals surface area contributed by atoms with Crippen molar-refractivity contribution in [3.05, 3.63) is 67.3 Å². The van der Waals surface area contributed by atoms with Crippen molar-refractivity contribution in [2.75, 3.05) is 5.32 Å². The smallest absolute Gasteiger partial charge is 0.163 e. The van der Waals surface area contributed by atoms with E-state index >= 15 is 0 Å². The second-order valence-corrected chi connectivity index (χ2v) is 4.81. The molecule has 0 saturated carbocycles. The van der Waals surface area contributed by atoms with Gasteiger partial charge in [0.25, 0.3) is 0 Å². The van der Waals surface area contributed by atoms with E-state index in [4.69, 9.17) is 0 Å². The summed E-state index contributed by atoms with van der Waals surface area (Å²) in [5, 5.41) is 6.54. The molecule has 0 amide bonds. The van der Waals surface area contributed by atoms with Gasteiger partial charge in [0.15, 0.2) is 5.65 Å². The number of aromatic nitrogens is 3. The zero-order chi connectivity index (χ0) is 14.1. The van der Waals surface area contributed by atoms with Gasteiger partial charge >= 0.3 is 0 Å². The molecule has 2 aromatic carbocycles. The van der Waals surface area contributed by atoms with Crippen LogP contribution in [0.2, 0.25) is 0 Å². The molecular formula is C17H12N4. The summed E-state index contributed by atoms with van der Waals surface area (Å²) in [6.45, 7) is 0. The third kappa shape index (κ3) is 2.17. The highest BCUT2D eigenvalue weighted by molar-refractivity contribution is 6.04. The summed E-state index contributed by atoms with van der Waals surface area (Å²) in [6.07, 6.45) is 5.18. The number of benzene rings is 2.